The van der Waals surface area contributed by atoms with Crippen LogP contribution in [0.25, 0.3) is 43.7 Å². The fraction of sp³-hybridized carbons (Fsp3) is 0.0588. The van der Waals surface area contributed by atoms with Crippen molar-refractivity contribution in [2.45, 2.75) is 12.8 Å². The van der Waals surface area contributed by atoms with Gasteiger partial charge in [-0.3, -0.25) is 0 Å². The minimum absolute atomic E-state index is 0.752. The normalized spacial score (nSPS) is 13.5. The Hall–Kier alpha value is -3.86. The van der Waals surface area contributed by atoms with Crippen LogP contribution in [-0.4, -0.2) is 0 Å². The summed E-state index contributed by atoms with van der Waals surface area (Å²) in [7, 11) is -0.752. The van der Waals surface area contributed by atoms with E-state index >= 15 is 0 Å². The highest BCUT2D eigenvalue weighted by molar-refractivity contribution is 7.63. The van der Waals surface area contributed by atoms with E-state index in [1.165, 1.54) is 49.3 Å². The van der Waals surface area contributed by atoms with Crippen molar-refractivity contribution in [3.8, 4) is 38.1 Å². The average Bonchev–Trinajstić information content (AvgIpc) is 3.32. The molecule has 0 fully saturated rings. The van der Waals surface area contributed by atoms with E-state index in [0.717, 1.165) is 12.8 Å². The van der Waals surface area contributed by atoms with Gasteiger partial charge < -0.3 is 0 Å². The van der Waals surface area contributed by atoms with Crippen molar-refractivity contribution in [1.82, 2.24) is 0 Å². The van der Waals surface area contributed by atoms with Gasteiger partial charge in [0, 0.05) is 16.2 Å². The predicted octanol–water partition coefficient (Wildman–Crippen LogP) is 10.4. The first kappa shape index (κ1) is 21.7. The van der Waals surface area contributed by atoms with Crippen LogP contribution in [0.4, 0.5) is 0 Å². The van der Waals surface area contributed by atoms with Gasteiger partial charge in [-0.05, 0) is 46.0 Å². The largest absolute Gasteiger partial charge is 0.0842 e. The highest BCUT2D eigenvalue weighted by Gasteiger charge is 2.29. The fourth-order valence-corrected chi connectivity index (χ4v) is 8.12. The van der Waals surface area contributed by atoms with Gasteiger partial charge in [0.2, 0.25) is 0 Å². The molecule has 35 heavy (non-hydrogen) atoms. The highest BCUT2D eigenvalue weighted by Crippen LogP contribution is 2.64. The Kier molecular flexibility index (Phi) is 6.06. The first-order chi connectivity index (χ1) is 17.4. The van der Waals surface area contributed by atoms with E-state index in [9.17, 15) is 0 Å². The molecule has 4 aromatic carbocycles. The van der Waals surface area contributed by atoms with E-state index < -0.39 is 7.53 Å². The maximum absolute atomic E-state index is 2.34. The van der Waals surface area contributed by atoms with Gasteiger partial charge in [-0.25, -0.2) is 0 Å². The molecule has 0 aliphatic heterocycles. The summed E-state index contributed by atoms with van der Waals surface area (Å²) in [5.41, 5.74) is 8.21. The topological polar surface area (TPSA) is 0 Å². The van der Waals surface area contributed by atoms with Gasteiger partial charge >= 0.3 is 0 Å². The predicted molar refractivity (Wildman–Crippen MR) is 153 cm³/mol. The molecule has 1 aliphatic rings. The molecular formula is C34H27P. The minimum atomic E-state index is -0.752. The van der Waals surface area contributed by atoms with Crippen LogP contribution in [0.1, 0.15) is 18.4 Å². The summed E-state index contributed by atoms with van der Waals surface area (Å²) in [5.74, 6) is 0. The van der Waals surface area contributed by atoms with Crippen LogP contribution in [0.2, 0.25) is 0 Å². The Labute approximate surface area is 209 Å². The number of rotatable bonds is 5. The molecule has 1 aliphatic carbocycles. The van der Waals surface area contributed by atoms with E-state index in [0.29, 0.717) is 0 Å². The van der Waals surface area contributed by atoms with Crippen LogP contribution < -0.4 is 0 Å². The maximum atomic E-state index is 2.34. The van der Waals surface area contributed by atoms with Crippen LogP contribution in [0.3, 0.4) is 0 Å². The Morgan fingerprint density at radius 2 is 0.971 bits per heavy atom. The third-order valence-electron chi connectivity index (χ3n) is 6.68. The molecule has 0 saturated heterocycles. The van der Waals surface area contributed by atoms with Crippen molar-refractivity contribution < 1.29 is 0 Å². The molecule has 5 aromatic rings. The number of benzene rings is 4. The Morgan fingerprint density at radius 3 is 1.49 bits per heavy atom. The van der Waals surface area contributed by atoms with Gasteiger partial charge in [0.1, 0.15) is 0 Å². The van der Waals surface area contributed by atoms with Gasteiger partial charge in [-0.15, -0.1) is 0 Å². The molecule has 6 rings (SSSR count). The molecule has 1 heterocycles. The second-order valence-electron chi connectivity index (χ2n) is 8.87. The summed E-state index contributed by atoms with van der Waals surface area (Å²) >= 11 is 0. The molecule has 0 N–H and O–H groups in total. The molecular weight excluding hydrogens is 439 g/mol. The first-order valence-corrected chi connectivity index (χ1v) is 13.6. The highest BCUT2D eigenvalue weighted by atomic mass is 31.1. The molecule has 0 spiro atoms. The quantitative estimate of drug-likeness (QED) is 0.242. The van der Waals surface area contributed by atoms with E-state index in [1.54, 1.807) is 0 Å². The van der Waals surface area contributed by atoms with Crippen LogP contribution >= 0.6 is 7.53 Å². The molecule has 0 bridgehead atoms. The van der Waals surface area contributed by atoms with E-state index in [1.807, 2.05) is 0 Å². The van der Waals surface area contributed by atoms with Gasteiger partial charge in [-0.1, -0.05) is 147 Å². The van der Waals surface area contributed by atoms with Crippen molar-refractivity contribution in [2.24, 2.45) is 0 Å². The van der Waals surface area contributed by atoms with Gasteiger partial charge in [0.15, 0.2) is 0 Å². The van der Waals surface area contributed by atoms with Crippen molar-refractivity contribution in [1.29, 1.82) is 0 Å². The second-order valence-corrected chi connectivity index (χ2v) is 11.0. The maximum Gasteiger partial charge on any atom is 0.0147 e. The van der Waals surface area contributed by atoms with Crippen LogP contribution in [-0.2, 0) is 0 Å². The molecule has 0 saturated carbocycles. The Morgan fingerprint density at radius 1 is 0.486 bits per heavy atom. The Balaban J connectivity index is 1.83. The summed E-state index contributed by atoms with van der Waals surface area (Å²) in [5, 5.41) is 4.34. The van der Waals surface area contributed by atoms with E-state index in [4.69, 9.17) is 0 Å². The molecule has 168 valence electrons. The lowest BCUT2D eigenvalue weighted by Crippen LogP contribution is -1.92. The van der Waals surface area contributed by atoms with E-state index in [2.05, 4.69) is 140 Å². The zero-order valence-corrected chi connectivity index (χ0v) is 20.5. The molecule has 1 atom stereocenters. The Bertz CT molecular complexity index is 1390. The van der Waals surface area contributed by atoms with Crippen molar-refractivity contribution in [2.75, 3.05) is 0 Å². The molecule has 1 heteroatoms. The minimum Gasteiger partial charge on any atom is -0.0842 e. The SMILES string of the molecule is C1=CCCC(c2c(-c3ccccc3)c(-c3ccccc3)p(-c3ccccc3)c2-c2ccccc2)=C1. The smallest absolute Gasteiger partial charge is 0.0147 e. The zero-order valence-electron chi connectivity index (χ0n) is 19.6. The number of hydrogen-bond donors (Lipinski definition) is 0. The molecule has 1 aromatic heterocycles. The molecule has 0 radical (unpaired) electrons. The first-order valence-electron chi connectivity index (χ1n) is 12.3. The summed E-state index contributed by atoms with van der Waals surface area (Å²) in [6.45, 7) is 0. The summed E-state index contributed by atoms with van der Waals surface area (Å²) < 4.78 is 0. The summed E-state index contributed by atoms with van der Waals surface area (Å²) in [4.78, 5) is 0. The lowest BCUT2D eigenvalue weighted by molar-refractivity contribution is 1.06. The zero-order chi connectivity index (χ0) is 23.5. The monoisotopic (exact) mass is 466 g/mol. The molecule has 0 amide bonds. The second kappa shape index (κ2) is 9.79. The summed E-state index contributed by atoms with van der Waals surface area (Å²) in [6, 6.07) is 44.3. The van der Waals surface area contributed by atoms with Crippen LogP contribution in [0, 0.1) is 0 Å². The van der Waals surface area contributed by atoms with E-state index in [-0.39, 0.29) is 0 Å². The lowest BCUT2D eigenvalue weighted by Gasteiger charge is -2.16. The van der Waals surface area contributed by atoms with Crippen molar-refractivity contribution in [3.05, 3.63) is 145 Å². The average molecular weight is 467 g/mol. The molecule has 0 nitrogen and oxygen atoms in total. The van der Waals surface area contributed by atoms with Crippen LogP contribution in [0.5, 0.6) is 0 Å². The van der Waals surface area contributed by atoms with Crippen molar-refractivity contribution in [3.63, 3.8) is 0 Å². The lowest BCUT2D eigenvalue weighted by atomic mass is 9.88. The summed E-state index contributed by atoms with van der Waals surface area (Å²) in [6.07, 6.45) is 9.02. The van der Waals surface area contributed by atoms with Gasteiger partial charge in [0.25, 0.3) is 0 Å². The van der Waals surface area contributed by atoms with Crippen LogP contribution in [0.15, 0.2) is 140 Å². The molecule has 1 unspecified atom stereocenters. The van der Waals surface area contributed by atoms with Crippen molar-refractivity contribution >= 4 is 13.1 Å². The third kappa shape index (κ3) is 4.12. The fourth-order valence-electron chi connectivity index (χ4n) is 5.16. The number of allylic oxidation sites excluding steroid dienone is 4. The number of hydrogen-bond acceptors (Lipinski definition) is 0. The van der Waals surface area contributed by atoms with Gasteiger partial charge in [-0.2, -0.15) is 0 Å². The third-order valence-corrected chi connectivity index (χ3v) is 9.35. The standard InChI is InChI=1S/C34H27P/c1-6-16-26(17-7-1)31-32(27-18-8-2-9-19-27)34(29-22-12-4-13-23-29)35(30-24-14-5-15-25-30)33(31)28-20-10-3-11-21-28/h1-8,10-18,20-25H,9,19H2. The van der Waals surface area contributed by atoms with Gasteiger partial charge in [0.05, 0.1) is 0 Å².